The van der Waals surface area contributed by atoms with Crippen molar-refractivity contribution in [3.8, 4) is 11.5 Å². The first-order valence-electron chi connectivity index (χ1n) is 10.8. The average Bonchev–Trinajstić information content (AvgIpc) is 3.32. The van der Waals surface area contributed by atoms with Gasteiger partial charge in [0.25, 0.3) is 0 Å². The fourth-order valence-electron chi connectivity index (χ4n) is 3.95. The molecule has 4 rings (SSSR count). The van der Waals surface area contributed by atoms with Gasteiger partial charge in [0.1, 0.15) is 11.5 Å². The van der Waals surface area contributed by atoms with E-state index in [0.29, 0.717) is 30.0 Å². The predicted octanol–water partition coefficient (Wildman–Crippen LogP) is 5.02. The lowest BCUT2D eigenvalue weighted by Crippen LogP contribution is -2.38. The molecule has 2 heterocycles. The summed E-state index contributed by atoms with van der Waals surface area (Å²) in [5, 5.41) is 11.8. The minimum absolute atomic E-state index is 0.0560. The van der Waals surface area contributed by atoms with E-state index in [2.05, 4.69) is 16.9 Å². The Morgan fingerprint density at radius 2 is 1.91 bits per heavy atom. The number of aromatic nitrogens is 1. The fourth-order valence-corrected chi connectivity index (χ4v) is 3.95. The lowest BCUT2D eigenvalue weighted by Gasteiger charge is -2.24. The smallest absolute Gasteiger partial charge is 0.246 e. The Bertz CT molecular complexity index is 1150. The standard InChI is InChI=1S/C26H25FN4O2/c1-2-24(32)31-14-6-7-19(31)15-30-26-22(16-29-17-23(26)27)25(28)18-10-12-21(13-11-18)33-20-8-4-3-5-9-20/h2-5,8-13,16-17,19,28H,1,6-7,14-15H2,(H,29,30)/t19-/m0/s1. The van der Waals surface area contributed by atoms with Crippen LogP contribution in [0.4, 0.5) is 10.1 Å². The lowest BCUT2D eigenvalue weighted by atomic mass is 10.0. The molecule has 168 valence electrons. The van der Waals surface area contributed by atoms with Crippen molar-refractivity contribution in [3.63, 3.8) is 0 Å². The minimum atomic E-state index is -0.541. The SMILES string of the molecule is C=CC(=O)N1CCC[C@H]1CNc1c(F)cncc1C(=N)c1ccc(Oc2ccccc2)cc1. The Morgan fingerprint density at radius 1 is 1.18 bits per heavy atom. The van der Waals surface area contributed by atoms with Crippen molar-refractivity contribution in [2.75, 3.05) is 18.4 Å². The predicted molar refractivity (Wildman–Crippen MR) is 127 cm³/mol. The first-order chi connectivity index (χ1) is 16.1. The molecule has 7 heteroatoms. The van der Waals surface area contributed by atoms with Crippen LogP contribution in [0.25, 0.3) is 0 Å². The zero-order chi connectivity index (χ0) is 23.2. The van der Waals surface area contributed by atoms with Crippen molar-refractivity contribution in [1.29, 1.82) is 5.41 Å². The van der Waals surface area contributed by atoms with Gasteiger partial charge in [0.05, 0.1) is 17.6 Å². The summed E-state index contributed by atoms with van der Waals surface area (Å²) in [6, 6.07) is 16.4. The van der Waals surface area contributed by atoms with E-state index in [9.17, 15) is 9.18 Å². The summed E-state index contributed by atoms with van der Waals surface area (Å²) in [7, 11) is 0. The van der Waals surface area contributed by atoms with Crippen LogP contribution in [0.5, 0.6) is 11.5 Å². The number of amides is 1. The second-order valence-corrected chi connectivity index (χ2v) is 7.77. The number of benzene rings is 2. The molecule has 2 aromatic carbocycles. The number of pyridine rings is 1. The van der Waals surface area contributed by atoms with Crippen molar-refractivity contribution in [2.45, 2.75) is 18.9 Å². The lowest BCUT2D eigenvalue weighted by molar-refractivity contribution is -0.126. The molecule has 0 aliphatic carbocycles. The summed E-state index contributed by atoms with van der Waals surface area (Å²) in [6.07, 6.45) is 5.62. The van der Waals surface area contributed by atoms with Gasteiger partial charge in [-0.25, -0.2) is 4.39 Å². The van der Waals surface area contributed by atoms with Crippen LogP contribution in [0.3, 0.4) is 0 Å². The fraction of sp³-hybridized carbons (Fsp3) is 0.192. The van der Waals surface area contributed by atoms with Gasteiger partial charge >= 0.3 is 0 Å². The van der Waals surface area contributed by atoms with E-state index < -0.39 is 5.82 Å². The molecule has 3 aromatic rings. The zero-order valence-corrected chi connectivity index (χ0v) is 18.1. The minimum Gasteiger partial charge on any atom is -0.457 e. The number of likely N-dealkylation sites (tertiary alicyclic amines) is 1. The maximum absolute atomic E-state index is 14.7. The highest BCUT2D eigenvalue weighted by atomic mass is 19.1. The molecule has 0 bridgehead atoms. The number of carbonyl (C=O) groups is 1. The molecular formula is C26H25FN4O2. The second kappa shape index (κ2) is 10.1. The maximum Gasteiger partial charge on any atom is 0.246 e. The van der Waals surface area contributed by atoms with Crippen molar-refractivity contribution in [1.82, 2.24) is 9.88 Å². The first kappa shape index (κ1) is 22.2. The van der Waals surface area contributed by atoms with Crippen LogP contribution in [0.15, 0.2) is 79.6 Å². The van der Waals surface area contributed by atoms with Crippen LogP contribution in [0, 0.1) is 11.2 Å². The number of halogens is 1. The molecule has 1 aromatic heterocycles. The van der Waals surface area contributed by atoms with E-state index in [1.165, 1.54) is 12.3 Å². The van der Waals surface area contributed by atoms with Crippen LogP contribution in [-0.4, -0.2) is 40.6 Å². The molecular weight excluding hydrogens is 419 g/mol. The molecule has 1 saturated heterocycles. The van der Waals surface area contributed by atoms with Crippen LogP contribution < -0.4 is 10.1 Å². The van der Waals surface area contributed by atoms with E-state index in [0.717, 1.165) is 24.8 Å². The van der Waals surface area contributed by atoms with Crippen LogP contribution in [-0.2, 0) is 4.79 Å². The summed E-state index contributed by atoms with van der Waals surface area (Å²) >= 11 is 0. The molecule has 0 saturated carbocycles. The van der Waals surface area contributed by atoms with Gasteiger partial charge in [-0.1, -0.05) is 24.8 Å². The monoisotopic (exact) mass is 444 g/mol. The number of nitrogens with zero attached hydrogens (tertiary/aromatic N) is 2. The molecule has 0 unspecified atom stereocenters. The van der Waals surface area contributed by atoms with Crippen LogP contribution in [0.1, 0.15) is 24.0 Å². The van der Waals surface area contributed by atoms with Crippen molar-refractivity contribution in [2.24, 2.45) is 0 Å². The summed E-state index contributed by atoms with van der Waals surface area (Å²) in [6.45, 7) is 4.60. The molecule has 2 N–H and O–H groups in total. The molecule has 0 spiro atoms. The third-order valence-electron chi connectivity index (χ3n) is 5.64. The van der Waals surface area contributed by atoms with Gasteiger partial charge in [-0.3, -0.25) is 15.2 Å². The summed E-state index contributed by atoms with van der Waals surface area (Å²) < 4.78 is 20.5. The van der Waals surface area contributed by atoms with Crippen molar-refractivity contribution >= 4 is 17.3 Å². The Hall–Kier alpha value is -4.00. The Kier molecular flexibility index (Phi) is 6.78. The van der Waals surface area contributed by atoms with E-state index >= 15 is 0 Å². The zero-order valence-electron chi connectivity index (χ0n) is 18.1. The summed E-state index contributed by atoms with van der Waals surface area (Å²) in [5.74, 6) is 0.694. The number of para-hydroxylation sites is 1. The van der Waals surface area contributed by atoms with Gasteiger partial charge in [-0.05, 0) is 55.3 Å². The highest BCUT2D eigenvalue weighted by molar-refractivity contribution is 6.13. The normalized spacial score (nSPS) is 15.2. The third kappa shape index (κ3) is 5.09. The topological polar surface area (TPSA) is 78.3 Å². The quantitative estimate of drug-likeness (QED) is 0.378. The molecule has 1 amide bonds. The second-order valence-electron chi connectivity index (χ2n) is 7.77. The van der Waals surface area contributed by atoms with Gasteiger partial charge in [0.2, 0.25) is 5.91 Å². The molecule has 0 radical (unpaired) electrons. The number of anilines is 1. The number of rotatable bonds is 8. The Morgan fingerprint density at radius 3 is 2.64 bits per heavy atom. The first-order valence-corrected chi connectivity index (χ1v) is 10.8. The van der Waals surface area contributed by atoms with Gasteiger partial charge in [0.15, 0.2) is 5.82 Å². The Labute approximate surface area is 192 Å². The number of hydrogen-bond donors (Lipinski definition) is 2. The maximum atomic E-state index is 14.7. The average molecular weight is 445 g/mol. The number of ether oxygens (including phenoxy) is 1. The molecule has 33 heavy (non-hydrogen) atoms. The molecule has 1 aliphatic heterocycles. The van der Waals surface area contributed by atoms with Crippen LogP contribution in [0.2, 0.25) is 0 Å². The van der Waals surface area contributed by atoms with Gasteiger partial charge in [-0.2, -0.15) is 0 Å². The Balaban J connectivity index is 1.50. The summed E-state index contributed by atoms with van der Waals surface area (Å²) in [5.41, 5.74) is 1.31. The number of hydrogen-bond acceptors (Lipinski definition) is 5. The third-order valence-corrected chi connectivity index (χ3v) is 5.64. The van der Waals surface area contributed by atoms with E-state index in [1.807, 2.05) is 30.3 Å². The molecule has 1 fully saturated rings. The molecule has 1 aliphatic rings. The number of carbonyl (C=O) groups excluding carboxylic acids is 1. The number of nitrogens with one attached hydrogen (secondary N) is 2. The molecule has 6 nitrogen and oxygen atoms in total. The highest BCUT2D eigenvalue weighted by Crippen LogP contribution is 2.26. The van der Waals surface area contributed by atoms with Gasteiger partial charge in [0, 0.05) is 36.5 Å². The largest absolute Gasteiger partial charge is 0.457 e. The van der Waals surface area contributed by atoms with Crippen molar-refractivity contribution in [3.05, 3.63) is 96.6 Å². The molecule has 1 atom stereocenters. The van der Waals surface area contributed by atoms with Crippen molar-refractivity contribution < 1.29 is 13.9 Å². The van der Waals surface area contributed by atoms with Crippen LogP contribution >= 0.6 is 0 Å². The van der Waals surface area contributed by atoms with E-state index in [4.69, 9.17) is 10.1 Å². The highest BCUT2D eigenvalue weighted by Gasteiger charge is 2.27. The van der Waals surface area contributed by atoms with E-state index in [1.54, 1.807) is 29.2 Å². The van der Waals surface area contributed by atoms with Gasteiger partial charge < -0.3 is 15.0 Å². The van der Waals surface area contributed by atoms with E-state index in [-0.39, 0.29) is 23.3 Å². The van der Waals surface area contributed by atoms with Gasteiger partial charge in [-0.15, -0.1) is 0 Å². The summed E-state index contributed by atoms with van der Waals surface area (Å²) in [4.78, 5) is 17.7.